The number of hydrogen-bond donors (Lipinski definition) is 1. The molecule has 5 atom stereocenters. The zero-order valence-corrected chi connectivity index (χ0v) is 15.6. The zero-order valence-electron chi connectivity index (χ0n) is 15.6. The fourth-order valence-corrected chi connectivity index (χ4v) is 4.07. The summed E-state index contributed by atoms with van der Waals surface area (Å²) in [5.74, 6) is 0.779. The van der Waals surface area contributed by atoms with Crippen molar-refractivity contribution in [3.8, 4) is 0 Å². The minimum absolute atomic E-state index is 0.0188. The average molecular weight is 328 g/mol. The molecule has 4 heteroatoms. The first-order valence-corrected chi connectivity index (χ1v) is 9.42. The lowest BCUT2D eigenvalue weighted by Crippen LogP contribution is -2.45. The van der Waals surface area contributed by atoms with E-state index in [1.165, 1.54) is 25.7 Å². The molecule has 0 aromatic carbocycles. The Kier molecular flexibility index (Phi) is 8.56. The third kappa shape index (κ3) is 6.42. The minimum Gasteiger partial charge on any atom is -0.481 e. The van der Waals surface area contributed by atoms with Gasteiger partial charge in [0.1, 0.15) is 11.7 Å². The van der Waals surface area contributed by atoms with Crippen LogP contribution in [0.1, 0.15) is 86.0 Å². The van der Waals surface area contributed by atoms with Gasteiger partial charge in [-0.2, -0.15) is 0 Å². The van der Waals surface area contributed by atoms with E-state index in [-0.39, 0.29) is 24.0 Å². The van der Waals surface area contributed by atoms with Crippen LogP contribution < -0.4 is 0 Å². The third-order valence-electron chi connectivity index (χ3n) is 5.43. The number of carbonyl (C=O) groups is 1. The van der Waals surface area contributed by atoms with Crippen molar-refractivity contribution in [2.45, 2.75) is 97.7 Å². The molecular weight excluding hydrogens is 292 g/mol. The Labute approximate surface area is 141 Å². The van der Waals surface area contributed by atoms with Gasteiger partial charge in [-0.05, 0) is 43.4 Å². The molecule has 136 valence electrons. The fourth-order valence-electron chi connectivity index (χ4n) is 4.07. The van der Waals surface area contributed by atoms with E-state index >= 15 is 0 Å². The highest BCUT2D eigenvalue weighted by atomic mass is 17.2. The Morgan fingerprint density at radius 1 is 1.35 bits per heavy atom. The van der Waals surface area contributed by atoms with Crippen molar-refractivity contribution in [2.75, 3.05) is 0 Å². The second-order valence-corrected chi connectivity index (χ2v) is 7.64. The molecular formula is C19H36O4. The maximum Gasteiger partial charge on any atom is 0.306 e. The number of aliphatic carboxylic acids is 1. The van der Waals surface area contributed by atoms with Crippen molar-refractivity contribution in [3.05, 3.63) is 0 Å². The summed E-state index contributed by atoms with van der Waals surface area (Å²) in [4.78, 5) is 22.2. The van der Waals surface area contributed by atoms with Gasteiger partial charge in [-0.25, -0.2) is 9.78 Å². The number of carboxylic acids is 1. The lowest BCUT2D eigenvalue weighted by atomic mass is 9.77. The first-order chi connectivity index (χ1) is 10.9. The molecule has 0 aliphatic carbocycles. The van der Waals surface area contributed by atoms with E-state index in [0.717, 1.165) is 25.2 Å². The van der Waals surface area contributed by atoms with Gasteiger partial charge in [-0.3, -0.25) is 4.79 Å². The largest absolute Gasteiger partial charge is 0.481 e. The summed E-state index contributed by atoms with van der Waals surface area (Å²) in [6.07, 6.45) is 7.51. The maximum absolute atomic E-state index is 10.9. The maximum atomic E-state index is 10.9. The molecule has 1 rings (SSSR count). The predicted molar refractivity (Wildman–Crippen MR) is 92.1 cm³/mol. The van der Waals surface area contributed by atoms with Crippen LogP contribution in [-0.2, 0) is 14.6 Å². The zero-order chi connectivity index (χ0) is 17.5. The van der Waals surface area contributed by atoms with E-state index < -0.39 is 5.97 Å². The van der Waals surface area contributed by atoms with E-state index in [0.29, 0.717) is 5.92 Å². The first-order valence-electron chi connectivity index (χ1n) is 9.42. The molecule has 0 aromatic heterocycles. The minimum atomic E-state index is -0.826. The second-order valence-electron chi connectivity index (χ2n) is 7.64. The lowest BCUT2D eigenvalue weighted by Gasteiger charge is -2.43. The van der Waals surface area contributed by atoms with Crippen molar-refractivity contribution in [2.24, 2.45) is 17.8 Å². The topological polar surface area (TPSA) is 55.8 Å². The molecule has 1 saturated heterocycles. The smallest absolute Gasteiger partial charge is 0.306 e. The van der Waals surface area contributed by atoms with Gasteiger partial charge in [0, 0.05) is 0 Å². The molecule has 23 heavy (non-hydrogen) atoms. The molecule has 1 aliphatic heterocycles. The second kappa shape index (κ2) is 9.63. The van der Waals surface area contributed by atoms with Crippen LogP contribution in [0.3, 0.4) is 0 Å². The molecule has 1 fully saturated rings. The molecule has 0 amide bonds. The highest BCUT2D eigenvalue weighted by Crippen LogP contribution is 2.40. The average Bonchev–Trinajstić information content (AvgIpc) is 2.49. The van der Waals surface area contributed by atoms with Gasteiger partial charge in [-0.1, -0.05) is 53.9 Å². The number of carboxylic acid groups (broad SMARTS) is 1. The molecule has 0 radical (unpaired) electrons. The van der Waals surface area contributed by atoms with E-state index in [1.54, 1.807) is 0 Å². The molecule has 1 aliphatic rings. The number of hydrogen-bond acceptors (Lipinski definition) is 3. The Hall–Kier alpha value is -0.610. The summed E-state index contributed by atoms with van der Waals surface area (Å²) < 4.78 is 0. The summed E-state index contributed by atoms with van der Waals surface area (Å²) in [5, 5.41) is 8.96. The van der Waals surface area contributed by atoms with E-state index in [4.69, 9.17) is 14.9 Å². The summed E-state index contributed by atoms with van der Waals surface area (Å²) in [5.41, 5.74) is -0.252. The Morgan fingerprint density at radius 3 is 2.52 bits per heavy atom. The van der Waals surface area contributed by atoms with Gasteiger partial charge in [-0.15, -0.1) is 0 Å². The van der Waals surface area contributed by atoms with Crippen molar-refractivity contribution in [1.29, 1.82) is 0 Å². The molecule has 4 nitrogen and oxygen atoms in total. The molecule has 0 saturated carbocycles. The normalized spacial score (nSPS) is 30.8. The van der Waals surface area contributed by atoms with E-state index in [9.17, 15) is 4.79 Å². The molecule has 0 spiro atoms. The predicted octanol–water partition coefficient (Wildman–Crippen LogP) is 5.21. The standard InChI is InChI=1S/C19H36O4/c1-6-9-16(7-2)10-14(4)12-19(8-3)13-15(5)17(22-23-19)11-18(20)21/h14-17H,6-13H2,1-5H3,(H,20,21)/t14?,15-,16?,17-,19+/m0/s1. The Bertz CT molecular complexity index is 357. The van der Waals surface area contributed by atoms with Crippen LogP contribution in [0.4, 0.5) is 0 Å². The summed E-state index contributed by atoms with van der Waals surface area (Å²) in [6.45, 7) is 11.1. The van der Waals surface area contributed by atoms with Crippen LogP contribution in [0.5, 0.6) is 0 Å². The van der Waals surface area contributed by atoms with Gasteiger partial charge < -0.3 is 5.11 Å². The van der Waals surface area contributed by atoms with Crippen LogP contribution in [0, 0.1) is 17.8 Å². The molecule has 1 N–H and O–H groups in total. The molecule has 1 heterocycles. The van der Waals surface area contributed by atoms with Crippen LogP contribution in [-0.4, -0.2) is 22.8 Å². The Morgan fingerprint density at radius 2 is 2.04 bits per heavy atom. The number of rotatable bonds is 10. The SMILES string of the molecule is CCCC(CC)CC(C)C[C@]1(CC)C[C@H](C)[C@H](CC(=O)O)OO1. The van der Waals surface area contributed by atoms with E-state index in [1.807, 2.05) is 0 Å². The summed E-state index contributed by atoms with van der Waals surface area (Å²) in [7, 11) is 0. The van der Waals surface area contributed by atoms with Crippen LogP contribution in [0.15, 0.2) is 0 Å². The van der Waals surface area contributed by atoms with Gasteiger partial charge in [0.15, 0.2) is 0 Å². The third-order valence-corrected chi connectivity index (χ3v) is 5.43. The van der Waals surface area contributed by atoms with Crippen LogP contribution >= 0.6 is 0 Å². The van der Waals surface area contributed by atoms with Crippen LogP contribution in [0.25, 0.3) is 0 Å². The van der Waals surface area contributed by atoms with Gasteiger partial charge in [0.05, 0.1) is 6.42 Å². The summed E-state index contributed by atoms with van der Waals surface area (Å²) in [6, 6.07) is 0. The van der Waals surface area contributed by atoms with Gasteiger partial charge in [0.25, 0.3) is 0 Å². The van der Waals surface area contributed by atoms with Crippen molar-refractivity contribution in [1.82, 2.24) is 0 Å². The van der Waals surface area contributed by atoms with E-state index in [2.05, 4.69) is 34.6 Å². The first kappa shape index (κ1) is 20.4. The monoisotopic (exact) mass is 328 g/mol. The summed E-state index contributed by atoms with van der Waals surface area (Å²) >= 11 is 0. The van der Waals surface area contributed by atoms with Crippen molar-refractivity contribution >= 4 is 5.97 Å². The molecule has 2 unspecified atom stereocenters. The van der Waals surface area contributed by atoms with Crippen molar-refractivity contribution in [3.63, 3.8) is 0 Å². The molecule has 0 aromatic rings. The highest BCUT2D eigenvalue weighted by molar-refractivity contribution is 5.67. The quantitative estimate of drug-likeness (QED) is 0.559. The van der Waals surface area contributed by atoms with Gasteiger partial charge >= 0.3 is 5.97 Å². The van der Waals surface area contributed by atoms with Crippen molar-refractivity contribution < 1.29 is 19.7 Å². The lowest BCUT2D eigenvalue weighted by molar-refractivity contribution is -0.423. The van der Waals surface area contributed by atoms with Gasteiger partial charge in [0.2, 0.25) is 0 Å². The Balaban J connectivity index is 2.60. The highest BCUT2D eigenvalue weighted by Gasteiger charge is 2.42. The van der Waals surface area contributed by atoms with Crippen LogP contribution in [0.2, 0.25) is 0 Å². The molecule has 0 bridgehead atoms. The fraction of sp³-hybridized carbons (Fsp3) is 0.947.